The van der Waals surface area contributed by atoms with Crippen LogP contribution in [0, 0.1) is 0 Å². The van der Waals surface area contributed by atoms with Gasteiger partial charge in [-0.25, -0.2) is 0 Å². The lowest BCUT2D eigenvalue weighted by Crippen LogP contribution is -2.10. The monoisotopic (exact) mass is 265 g/mol. The van der Waals surface area contributed by atoms with E-state index < -0.39 is 0 Å². The molecule has 3 heteroatoms. The molecule has 100 valence electrons. The average Bonchev–Trinajstić information content (AvgIpc) is 3.03. The van der Waals surface area contributed by atoms with Crippen LogP contribution in [-0.2, 0) is 0 Å². The first kappa shape index (κ1) is 12.5. The molecule has 0 bridgehead atoms. The van der Waals surface area contributed by atoms with Gasteiger partial charge < -0.3 is 14.9 Å². The van der Waals surface area contributed by atoms with Crippen molar-refractivity contribution in [2.75, 3.05) is 0 Å². The van der Waals surface area contributed by atoms with E-state index in [0.717, 1.165) is 22.8 Å². The highest BCUT2D eigenvalue weighted by Gasteiger charge is 2.11. The number of hydrogen-bond acceptors (Lipinski definition) is 3. The van der Waals surface area contributed by atoms with E-state index in [9.17, 15) is 0 Å². The second-order valence-corrected chi connectivity index (χ2v) is 4.48. The molecule has 0 amide bonds. The van der Waals surface area contributed by atoms with Crippen molar-refractivity contribution in [1.82, 2.24) is 0 Å². The van der Waals surface area contributed by atoms with Gasteiger partial charge in [-0.1, -0.05) is 30.3 Å². The predicted molar refractivity (Wildman–Crippen MR) is 77.7 cm³/mol. The van der Waals surface area contributed by atoms with Crippen molar-refractivity contribution in [3.8, 4) is 11.5 Å². The fourth-order valence-corrected chi connectivity index (χ4v) is 2.00. The van der Waals surface area contributed by atoms with Gasteiger partial charge in [0.05, 0.1) is 12.3 Å². The SMILES string of the molecule is NC(c1ccc(Oc2ccccc2)cc1)c1ccco1. The van der Waals surface area contributed by atoms with Gasteiger partial charge in [0.1, 0.15) is 17.3 Å². The van der Waals surface area contributed by atoms with Gasteiger partial charge in [0.2, 0.25) is 0 Å². The van der Waals surface area contributed by atoms with Crippen molar-refractivity contribution in [1.29, 1.82) is 0 Å². The molecule has 0 saturated heterocycles. The molecule has 1 heterocycles. The van der Waals surface area contributed by atoms with Gasteiger partial charge in [0, 0.05) is 0 Å². The Labute approximate surface area is 117 Å². The molecule has 2 aromatic carbocycles. The van der Waals surface area contributed by atoms with Crippen LogP contribution in [0.25, 0.3) is 0 Å². The molecule has 20 heavy (non-hydrogen) atoms. The second-order valence-electron chi connectivity index (χ2n) is 4.48. The third-order valence-corrected chi connectivity index (χ3v) is 3.07. The van der Waals surface area contributed by atoms with Crippen LogP contribution in [0.2, 0.25) is 0 Å². The molecular formula is C17H15NO2. The number of ether oxygens (including phenoxy) is 1. The van der Waals surface area contributed by atoms with Gasteiger partial charge in [-0.3, -0.25) is 0 Å². The first-order valence-corrected chi connectivity index (χ1v) is 6.45. The maximum absolute atomic E-state index is 6.13. The largest absolute Gasteiger partial charge is 0.467 e. The number of benzene rings is 2. The van der Waals surface area contributed by atoms with Gasteiger partial charge in [-0.05, 0) is 42.0 Å². The molecule has 1 aromatic heterocycles. The molecule has 0 aliphatic heterocycles. The molecule has 0 aliphatic rings. The Kier molecular flexibility index (Phi) is 3.52. The average molecular weight is 265 g/mol. The zero-order chi connectivity index (χ0) is 13.8. The van der Waals surface area contributed by atoms with E-state index in [1.54, 1.807) is 6.26 Å². The lowest BCUT2D eigenvalue weighted by Gasteiger charge is -2.10. The van der Waals surface area contributed by atoms with E-state index in [2.05, 4.69) is 0 Å². The first-order chi connectivity index (χ1) is 9.83. The standard InChI is InChI=1S/C17H15NO2/c18-17(16-7-4-12-19-16)13-8-10-15(11-9-13)20-14-5-2-1-3-6-14/h1-12,17H,18H2. The van der Waals surface area contributed by atoms with Crippen LogP contribution >= 0.6 is 0 Å². The Bertz CT molecular complexity index is 645. The molecule has 3 nitrogen and oxygen atoms in total. The quantitative estimate of drug-likeness (QED) is 0.772. The first-order valence-electron chi connectivity index (χ1n) is 6.45. The minimum Gasteiger partial charge on any atom is -0.467 e. The Hall–Kier alpha value is -2.52. The summed E-state index contributed by atoms with van der Waals surface area (Å²) in [7, 11) is 0. The smallest absolute Gasteiger partial charge is 0.127 e. The van der Waals surface area contributed by atoms with Gasteiger partial charge in [0.25, 0.3) is 0 Å². The number of hydrogen-bond donors (Lipinski definition) is 1. The van der Waals surface area contributed by atoms with Crippen molar-refractivity contribution in [3.05, 3.63) is 84.3 Å². The molecule has 1 atom stereocenters. The van der Waals surface area contributed by atoms with E-state index in [1.807, 2.05) is 66.7 Å². The maximum Gasteiger partial charge on any atom is 0.127 e. The van der Waals surface area contributed by atoms with E-state index in [-0.39, 0.29) is 6.04 Å². The summed E-state index contributed by atoms with van der Waals surface area (Å²) in [6, 6.07) is 20.8. The maximum atomic E-state index is 6.13. The molecule has 3 rings (SSSR count). The van der Waals surface area contributed by atoms with Crippen LogP contribution in [0.15, 0.2) is 77.4 Å². The second kappa shape index (κ2) is 5.63. The summed E-state index contributed by atoms with van der Waals surface area (Å²) in [5, 5.41) is 0. The Morgan fingerprint density at radius 2 is 1.50 bits per heavy atom. The highest BCUT2D eigenvalue weighted by molar-refractivity contribution is 5.35. The fraction of sp³-hybridized carbons (Fsp3) is 0.0588. The minimum atomic E-state index is -0.254. The van der Waals surface area contributed by atoms with Gasteiger partial charge in [-0.15, -0.1) is 0 Å². The summed E-state index contributed by atoms with van der Waals surface area (Å²) in [5.74, 6) is 2.35. The van der Waals surface area contributed by atoms with Gasteiger partial charge in [0.15, 0.2) is 0 Å². The lowest BCUT2D eigenvalue weighted by molar-refractivity contribution is 0.479. The van der Waals surface area contributed by atoms with E-state index in [0.29, 0.717) is 0 Å². The summed E-state index contributed by atoms with van der Waals surface area (Å²) >= 11 is 0. The number of rotatable bonds is 4. The number of para-hydroxylation sites is 1. The topological polar surface area (TPSA) is 48.4 Å². The normalized spacial score (nSPS) is 12.1. The minimum absolute atomic E-state index is 0.254. The highest BCUT2D eigenvalue weighted by Crippen LogP contribution is 2.25. The predicted octanol–water partition coefficient (Wildman–Crippen LogP) is 4.12. The zero-order valence-corrected chi connectivity index (χ0v) is 10.9. The van der Waals surface area contributed by atoms with E-state index in [4.69, 9.17) is 14.9 Å². The summed E-state index contributed by atoms with van der Waals surface area (Å²) in [6.07, 6.45) is 1.63. The van der Waals surface area contributed by atoms with Crippen molar-refractivity contribution in [3.63, 3.8) is 0 Å². The molecule has 0 spiro atoms. The van der Waals surface area contributed by atoms with Crippen molar-refractivity contribution in [2.45, 2.75) is 6.04 Å². The summed E-state index contributed by atoms with van der Waals surface area (Å²) in [4.78, 5) is 0. The summed E-state index contributed by atoms with van der Waals surface area (Å²) in [5.41, 5.74) is 7.12. The summed E-state index contributed by atoms with van der Waals surface area (Å²) < 4.78 is 11.1. The molecule has 0 radical (unpaired) electrons. The van der Waals surface area contributed by atoms with Gasteiger partial charge >= 0.3 is 0 Å². The van der Waals surface area contributed by atoms with Crippen molar-refractivity contribution in [2.24, 2.45) is 5.73 Å². The third kappa shape index (κ3) is 2.73. The van der Waals surface area contributed by atoms with Crippen molar-refractivity contribution < 1.29 is 9.15 Å². The molecule has 1 unspecified atom stereocenters. The molecule has 2 N–H and O–H groups in total. The van der Waals surface area contributed by atoms with Gasteiger partial charge in [-0.2, -0.15) is 0 Å². The van der Waals surface area contributed by atoms with Crippen LogP contribution in [0.4, 0.5) is 0 Å². The number of nitrogens with two attached hydrogens (primary N) is 1. The molecule has 0 fully saturated rings. The Morgan fingerprint density at radius 3 is 2.15 bits per heavy atom. The Morgan fingerprint density at radius 1 is 0.800 bits per heavy atom. The zero-order valence-electron chi connectivity index (χ0n) is 10.9. The number of furan rings is 1. The molecule has 0 aliphatic carbocycles. The van der Waals surface area contributed by atoms with Crippen LogP contribution in [0.3, 0.4) is 0 Å². The van der Waals surface area contributed by atoms with Crippen molar-refractivity contribution >= 4 is 0 Å². The van der Waals surface area contributed by atoms with Crippen LogP contribution in [0.5, 0.6) is 11.5 Å². The lowest BCUT2D eigenvalue weighted by atomic mass is 10.1. The Balaban J connectivity index is 1.75. The third-order valence-electron chi connectivity index (χ3n) is 3.07. The fourth-order valence-electron chi connectivity index (χ4n) is 2.00. The molecule has 0 saturated carbocycles. The summed E-state index contributed by atoms with van der Waals surface area (Å²) in [6.45, 7) is 0. The molecular weight excluding hydrogens is 250 g/mol. The van der Waals surface area contributed by atoms with Crippen LogP contribution in [-0.4, -0.2) is 0 Å². The van der Waals surface area contributed by atoms with Crippen LogP contribution in [0.1, 0.15) is 17.4 Å². The molecule has 3 aromatic rings. The van der Waals surface area contributed by atoms with E-state index >= 15 is 0 Å². The van der Waals surface area contributed by atoms with Crippen LogP contribution < -0.4 is 10.5 Å². The van der Waals surface area contributed by atoms with E-state index in [1.165, 1.54) is 0 Å². The highest BCUT2D eigenvalue weighted by atomic mass is 16.5.